The second-order valence-electron chi connectivity index (χ2n) is 9.89. The molecule has 0 aliphatic heterocycles. The minimum atomic E-state index is -0.317. The van der Waals surface area contributed by atoms with Gasteiger partial charge in [-0.05, 0) is 50.4 Å². The summed E-state index contributed by atoms with van der Waals surface area (Å²) >= 11 is 0. The molecule has 0 aliphatic rings. The Kier molecular flexibility index (Phi) is 29.0. The molecule has 0 unspecified atom stereocenters. The van der Waals surface area contributed by atoms with Crippen LogP contribution in [0.3, 0.4) is 0 Å². The average molecular weight is 533 g/mol. The lowest BCUT2D eigenvalue weighted by atomic mass is 10.1. The van der Waals surface area contributed by atoms with E-state index in [2.05, 4.69) is 48.2 Å². The van der Waals surface area contributed by atoms with Crippen molar-refractivity contribution in [2.75, 3.05) is 26.3 Å². The minimum Gasteiger partial charge on any atom is -0.450 e. The quantitative estimate of drug-likeness (QED) is 0.0968. The van der Waals surface area contributed by atoms with Gasteiger partial charge in [-0.3, -0.25) is 0 Å². The molecule has 0 aliphatic carbocycles. The highest BCUT2D eigenvalue weighted by Crippen LogP contribution is 2.07. The van der Waals surface area contributed by atoms with Crippen molar-refractivity contribution in [2.45, 2.75) is 142 Å². The average Bonchev–Trinajstić information content (AvgIpc) is 2.91. The zero-order chi connectivity index (χ0) is 27.8. The number of hydrogen-bond donors (Lipinski definition) is 2. The summed E-state index contributed by atoms with van der Waals surface area (Å²) < 4.78 is 10.4. The summed E-state index contributed by atoms with van der Waals surface area (Å²) in [5.74, 6) is 11.8. The summed E-state index contributed by atoms with van der Waals surface area (Å²) in [7, 11) is 0. The molecule has 218 valence electrons. The summed E-state index contributed by atoms with van der Waals surface area (Å²) in [6.07, 6.45) is 21.5. The number of amides is 2. The van der Waals surface area contributed by atoms with E-state index >= 15 is 0 Å². The zero-order valence-electron chi connectivity index (χ0n) is 24.6. The molecule has 0 heterocycles. The summed E-state index contributed by atoms with van der Waals surface area (Å²) in [6, 6.07) is 0. The molecule has 0 aromatic rings. The summed E-state index contributed by atoms with van der Waals surface area (Å²) in [5, 5.41) is 5.63. The smallest absolute Gasteiger partial charge is 0.407 e. The molecule has 6 heteroatoms. The lowest BCUT2D eigenvalue weighted by Gasteiger charge is -2.06. The van der Waals surface area contributed by atoms with Crippen LogP contribution >= 0.6 is 0 Å². The minimum absolute atomic E-state index is 0.317. The van der Waals surface area contributed by atoms with E-state index in [9.17, 15) is 9.59 Å². The predicted molar refractivity (Wildman–Crippen MR) is 158 cm³/mol. The van der Waals surface area contributed by atoms with Gasteiger partial charge < -0.3 is 20.1 Å². The molecule has 2 amide bonds. The number of carbonyl (C=O) groups is 2. The van der Waals surface area contributed by atoms with Crippen LogP contribution in [-0.4, -0.2) is 38.5 Å². The van der Waals surface area contributed by atoms with E-state index in [0.29, 0.717) is 26.3 Å². The van der Waals surface area contributed by atoms with Crippen molar-refractivity contribution in [1.29, 1.82) is 0 Å². The lowest BCUT2D eigenvalue weighted by Crippen LogP contribution is -2.25. The van der Waals surface area contributed by atoms with Crippen LogP contribution in [0.25, 0.3) is 0 Å². The van der Waals surface area contributed by atoms with Crippen LogP contribution in [0.1, 0.15) is 142 Å². The number of alkyl carbamates (subject to hydrolysis) is 2. The van der Waals surface area contributed by atoms with Crippen LogP contribution in [0, 0.1) is 23.7 Å². The molecule has 0 aromatic heterocycles. The molecule has 0 bridgehead atoms. The standard InChI is InChI=1S/C32H56N2O4/c1-3-5-7-9-15-19-23-27-33-31(35)37-29-25-21-17-13-11-12-14-18-22-26-30-38-32(36)34-28-24-20-16-10-8-6-4-2/h3-10,15-30H2,1-2H3,(H,33,35)(H,34,36). The molecule has 38 heavy (non-hydrogen) atoms. The van der Waals surface area contributed by atoms with Crippen molar-refractivity contribution in [3.8, 4) is 23.7 Å². The van der Waals surface area contributed by atoms with Crippen LogP contribution < -0.4 is 10.6 Å². The number of ether oxygens (including phenoxy) is 2. The first-order chi connectivity index (χ1) is 18.7. The molecular formula is C32H56N2O4. The monoisotopic (exact) mass is 532 g/mol. The van der Waals surface area contributed by atoms with Crippen LogP contribution in [0.2, 0.25) is 0 Å². The largest absolute Gasteiger partial charge is 0.450 e. The molecule has 0 aromatic carbocycles. The normalized spacial score (nSPS) is 10.1. The van der Waals surface area contributed by atoms with Crippen LogP contribution in [0.5, 0.6) is 0 Å². The van der Waals surface area contributed by atoms with Gasteiger partial charge in [0.1, 0.15) is 0 Å². The highest BCUT2D eigenvalue weighted by molar-refractivity contribution is 5.67. The van der Waals surface area contributed by atoms with E-state index in [1.54, 1.807) is 0 Å². The molecule has 2 N–H and O–H groups in total. The topological polar surface area (TPSA) is 76.7 Å². The molecule has 0 saturated heterocycles. The second-order valence-corrected chi connectivity index (χ2v) is 9.89. The van der Waals surface area contributed by atoms with Gasteiger partial charge in [-0.1, -0.05) is 103 Å². The van der Waals surface area contributed by atoms with Crippen LogP contribution in [0.15, 0.2) is 0 Å². The Bertz CT molecular complexity index is 614. The maximum absolute atomic E-state index is 11.6. The van der Waals surface area contributed by atoms with Crippen molar-refractivity contribution >= 4 is 12.2 Å². The Morgan fingerprint density at radius 3 is 1.26 bits per heavy atom. The molecule has 0 atom stereocenters. The SMILES string of the molecule is CCCCCCCCCNC(=O)OCCCCC#CC#CCCCCOC(=O)NCCCCCCCCC. The maximum atomic E-state index is 11.6. The Labute approximate surface area is 234 Å². The van der Waals surface area contributed by atoms with Crippen molar-refractivity contribution in [1.82, 2.24) is 10.6 Å². The first kappa shape index (κ1) is 35.7. The van der Waals surface area contributed by atoms with Crippen LogP contribution in [0.4, 0.5) is 9.59 Å². The van der Waals surface area contributed by atoms with Gasteiger partial charge in [-0.2, -0.15) is 0 Å². The molecule has 0 saturated carbocycles. The van der Waals surface area contributed by atoms with Crippen molar-refractivity contribution in [2.24, 2.45) is 0 Å². The van der Waals surface area contributed by atoms with E-state index < -0.39 is 0 Å². The highest BCUT2D eigenvalue weighted by Gasteiger charge is 2.01. The fourth-order valence-corrected chi connectivity index (χ4v) is 3.82. The van der Waals surface area contributed by atoms with E-state index in [-0.39, 0.29) is 12.2 Å². The summed E-state index contributed by atoms with van der Waals surface area (Å²) in [5.41, 5.74) is 0. The van der Waals surface area contributed by atoms with E-state index in [1.807, 2.05) is 0 Å². The van der Waals surface area contributed by atoms with Crippen molar-refractivity contribution in [3.63, 3.8) is 0 Å². The number of carbonyl (C=O) groups excluding carboxylic acids is 2. The molecule has 0 rings (SSSR count). The summed E-state index contributed by atoms with van der Waals surface area (Å²) in [4.78, 5) is 23.3. The van der Waals surface area contributed by atoms with Gasteiger partial charge in [-0.25, -0.2) is 9.59 Å². The molecular weight excluding hydrogens is 476 g/mol. The first-order valence-corrected chi connectivity index (χ1v) is 15.5. The third kappa shape index (κ3) is 29.9. The number of hydrogen-bond acceptors (Lipinski definition) is 4. The second kappa shape index (κ2) is 30.9. The van der Waals surface area contributed by atoms with Gasteiger partial charge in [0.25, 0.3) is 0 Å². The van der Waals surface area contributed by atoms with E-state index in [0.717, 1.165) is 64.2 Å². The summed E-state index contributed by atoms with van der Waals surface area (Å²) in [6.45, 7) is 6.69. The first-order valence-electron chi connectivity index (χ1n) is 15.5. The molecule has 6 nitrogen and oxygen atoms in total. The number of rotatable bonds is 24. The van der Waals surface area contributed by atoms with Crippen molar-refractivity contribution < 1.29 is 19.1 Å². The van der Waals surface area contributed by atoms with Gasteiger partial charge >= 0.3 is 12.2 Å². The Morgan fingerprint density at radius 2 is 0.868 bits per heavy atom. The Hall–Kier alpha value is -2.34. The molecule has 0 spiro atoms. The van der Waals surface area contributed by atoms with Gasteiger partial charge in [0.15, 0.2) is 0 Å². The maximum Gasteiger partial charge on any atom is 0.407 e. The van der Waals surface area contributed by atoms with E-state index in [1.165, 1.54) is 64.2 Å². The fourth-order valence-electron chi connectivity index (χ4n) is 3.82. The predicted octanol–water partition coefficient (Wildman–Crippen LogP) is 8.29. The van der Waals surface area contributed by atoms with Gasteiger partial charge in [0, 0.05) is 25.9 Å². The number of nitrogens with one attached hydrogen (secondary N) is 2. The van der Waals surface area contributed by atoms with Crippen LogP contribution in [-0.2, 0) is 9.47 Å². The fraction of sp³-hybridized carbons (Fsp3) is 0.812. The Balaban J connectivity index is 3.42. The molecule has 0 radical (unpaired) electrons. The number of unbranched alkanes of at least 4 members (excludes halogenated alkanes) is 16. The zero-order valence-corrected chi connectivity index (χ0v) is 24.6. The third-order valence-electron chi connectivity index (χ3n) is 6.20. The third-order valence-corrected chi connectivity index (χ3v) is 6.20. The molecule has 0 fully saturated rings. The lowest BCUT2D eigenvalue weighted by molar-refractivity contribution is 0.143. The van der Waals surface area contributed by atoms with Gasteiger partial charge in [0.05, 0.1) is 13.2 Å². The Morgan fingerprint density at radius 1 is 0.500 bits per heavy atom. The van der Waals surface area contributed by atoms with E-state index in [4.69, 9.17) is 9.47 Å². The van der Waals surface area contributed by atoms with Crippen molar-refractivity contribution in [3.05, 3.63) is 0 Å². The highest BCUT2D eigenvalue weighted by atomic mass is 16.6. The van der Waals surface area contributed by atoms with Gasteiger partial charge in [-0.15, -0.1) is 0 Å². The van der Waals surface area contributed by atoms with Gasteiger partial charge in [0.2, 0.25) is 0 Å².